The Morgan fingerprint density at radius 1 is 1.44 bits per heavy atom. The van der Waals surface area contributed by atoms with Gasteiger partial charge in [-0.2, -0.15) is 11.8 Å². The minimum atomic E-state index is 0.517. The molecule has 0 saturated heterocycles. The van der Waals surface area contributed by atoms with E-state index < -0.39 is 0 Å². The highest BCUT2D eigenvalue weighted by molar-refractivity contribution is 9.10. The predicted octanol–water partition coefficient (Wildman–Crippen LogP) is 3.12. The number of halogens is 1. The Balaban J connectivity index is 2.49. The van der Waals surface area contributed by atoms with Gasteiger partial charge in [0.05, 0.1) is 0 Å². The highest BCUT2D eigenvalue weighted by atomic mass is 79.9. The molecule has 1 rings (SSSR count). The van der Waals surface area contributed by atoms with Gasteiger partial charge in [0.25, 0.3) is 0 Å². The number of pyridine rings is 1. The van der Waals surface area contributed by atoms with Crippen molar-refractivity contribution in [3.8, 4) is 0 Å². The summed E-state index contributed by atoms with van der Waals surface area (Å²) in [5, 5.41) is 4.05. The van der Waals surface area contributed by atoms with Crippen molar-refractivity contribution < 1.29 is 0 Å². The predicted molar refractivity (Wildman–Crippen MR) is 76.1 cm³/mol. The van der Waals surface area contributed by atoms with Gasteiger partial charge in [0.1, 0.15) is 0 Å². The lowest BCUT2D eigenvalue weighted by Crippen LogP contribution is -2.30. The van der Waals surface area contributed by atoms with Crippen molar-refractivity contribution in [2.75, 3.05) is 12.8 Å². The number of rotatable bonds is 6. The number of likely N-dealkylation sites (N-methyl/N-ethyl adjacent to an activating group) is 1. The molecule has 0 aromatic carbocycles. The molecule has 0 aliphatic heterocycles. The monoisotopic (exact) mass is 302 g/mol. The van der Waals surface area contributed by atoms with E-state index in [9.17, 15) is 0 Å². The molecular formula is C12H19BrN2S. The molecular weight excluding hydrogens is 284 g/mol. The van der Waals surface area contributed by atoms with Crippen molar-refractivity contribution >= 4 is 27.7 Å². The summed E-state index contributed by atoms with van der Waals surface area (Å²) in [5.41, 5.74) is 1.28. The normalized spacial score (nSPS) is 13.1. The van der Waals surface area contributed by atoms with E-state index in [2.05, 4.69) is 46.1 Å². The Bertz CT molecular complexity index is 318. The van der Waals surface area contributed by atoms with Gasteiger partial charge in [-0.3, -0.25) is 4.98 Å². The molecule has 0 spiro atoms. The number of hydrogen-bond donors (Lipinski definition) is 1. The van der Waals surface area contributed by atoms with Crippen molar-refractivity contribution in [2.45, 2.75) is 31.6 Å². The molecule has 0 fully saturated rings. The molecule has 1 unspecified atom stereocenters. The summed E-state index contributed by atoms with van der Waals surface area (Å²) < 4.78 is 1.05. The van der Waals surface area contributed by atoms with Gasteiger partial charge in [0.2, 0.25) is 0 Å². The lowest BCUT2D eigenvalue weighted by atomic mass is 10.1. The first kappa shape index (κ1) is 14.0. The van der Waals surface area contributed by atoms with Gasteiger partial charge < -0.3 is 5.32 Å². The molecule has 1 heterocycles. The van der Waals surface area contributed by atoms with Crippen LogP contribution in [0.15, 0.2) is 22.9 Å². The third-order valence-corrected chi connectivity index (χ3v) is 3.98. The SMILES string of the molecule is CNC(CSC(C)C)Cc1cncc(Br)c1. The third-order valence-electron chi connectivity index (χ3n) is 2.28. The third kappa shape index (κ3) is 5.32. The molecule has 90 valence electrons. The number of hydrogen-bond acceptors (Lipinski definition) is 3. The van der Waals surface area contributed by atoms with Gasteiger partial charge in [-0.15, -0.1) is 0 Å². The fourth-order valence-corrected chi connectivity index (χ4v) is 2.72. The first-order valence-corrected chi connectivity index (χ1v) is 7.34. The zero-order chi connectivity index (χ0) is 12.0. The van der Waals surface area contributed by atoms with Crippen LogP contribution in [0.4, 0.5) is 0 Å². The Kier molecular flexibility index (Phi) is 6.39. The lowest BCUT2D eigenvalue weighted by molar-refractivity contribution is 0.615. The summed E-state index contributed by atoms with van der Waals surface area (Å²) in [6.45, 7) is 4.47. The maximum Gasteiger partial charge on any atom is 0.0410 e. The Morgan fingerprint density at radius 3 is 2.75 bits per heavy atom. The van der Waals surface area contributed by atoms with Gasteiger partial charge in [0, 0.05) is 28.7 Å². The summed E-state index contributed by atoms with van der Waals surface area (Å²) in [6, 6.07) is 2.65. The van der Waals surface area contributed by atoms with Crippen molar-refractivity contribution in [1.29, 1.82) is 0 Å². The van der Waals surface area contributed by atoms with Gasteiger partial charge in [-0.05, 0) is 46.3 Å². The summed E-state index contributed by atoms with van der Waals surface area (Å²) >= 11 is 5.44. The topological polar surface area (TPSA) is 24.9 Å². The van der Waals surface area contributed by atoms with Gasteiger partial charge >= 0.3 is 0 Å². The van der Waals surface area contributed by atoms with Gasteiger partial charge in [-0.25, -0.2) is 0 Å². The molecule has 1 N–H and O–H groups in total. The van der Waals surface area contributed by atoms with Crippen molar-refractivity contribution in [1.82, 2.24) is 10.3 Å². The number of nitrogens with one attached hydrogen (secondary N) is 1. The largest absolute Gasteiger partial charge is 0.316 e. The lowest BCUT2D eigenvalue weighted by Gasteiger charge is -2.17. The highest BCUT2D eigenvalue weighted by Crippen LogP contribution is 2.15. The maximum absolute atomic E-state index is 4.19. The molecule has 1 aromatic heterocycles. The maximum atomic E-state index is 4.19. The molecule has 16 heavy (non-hydrogen) atoms. The van der Waals surface area contributed by atoms with E-state index in [0.717, 1.165) is 16.6 Å². The fraction of sp³-hybridized carbons (Fsp3) is 0.583. The Labute approximate surface area is 111 Å². The molecule has 0 radical (unpaired) electrons. The van der Waals surface area contributed by atoms with Crippen molar-refractivity contribution in [3.05, 3.63) is 28.5 Å². The molecule has 1 atom stereocenters. The van der Waals surface area contributed by atoms with Crippen LogP contribution in [-0.2, 0) is 6.42 Å². The minimum Gasteiger partial charge on any atom is -0.316 e. The van der Waals surface area contributed by atoms with E-state index in [1.54, 1.807) is 0 Å². The summed E-state index contributed by atoms with van der Waals surface area (Å²) in [6.07, 6.45) is 4.79. The van der Waals surface area contributed by atoms with E-state index in [-0.39, 0.29) is 0 Å². The van der Waals surface area contributed by atoms with Crippen LogP contribution in [0.2, 0.25) is 0 Å². The average molecular weight is 303 g/mol. The average Bonchev–Trinajstić information content (AvgIpc) is 2.24. The van der Waals surface area contributed by atoms with E-state index in [1.165, 1.54) is 5.56 Å². The van der Waals surface area contributed by atoms with E-state index in [4.69, 9.17) is 0 Å². The second-order valence-corrected chi connectivity index (χ2v) is 6.61. The number of nitrogens with zero attached hydrogens (tertiary/aromatic N) is 1. The molecule has 0 bridgehead atoms. The molecule has 2 nitrogen and oxygen atoms in total. The Hall–Kier alpha value is -0.0600. The van der Waals surface area contributed by atoms with Crippen LogP contribution in [0.5, 0.6) is 0 Å². The van der Waals surface area contributed by atoms with Gasteiger partial charge in [-0.1, -0.05) is 13.8 Å². The molecule has 0 saturated carbocycles. The molecule has 0 aliphatic rings. The Morgan fingerprint density at radius 2 is 2.19 bits per heavy atom. The first-order chi connectivity index (χ1) is 7.61. The van der Waals surface area contributed by atoms with Crippen molar-refractivity contribution in [3.63, 3.8) is 0 Å². The fourth-order valence-electron chi connectivity index (χ4n) is 1.40. The van der Waals surface area contributed by atoms with Crippen LogP contribution in [0, 0.1) is 0 Å². The molecule has 0 aliphatic carbocycles. The van der Waals surface area contributed by atoms with Crippen LogP contribution < -0.4 is 5.32 Å². The first-order valence-electron chi connectivity index (χ1n) is 5.50. The zero-order valence-corrected chi connectivity index (χ0v) is 12.4. The summed E-state index contributed by atoms with van der Waals surface area (Å²) in [7, 11) is 2.02. The van der Waals surface area contributed by atoms with E-state index >= 15 is 0 Å². The standard InChI is InChI=1S/C12H19BrN2S/c1-9(2)16-8-12(14-3)5-10-4-11(13)7-15-6-10/h4,6-7,9,12,14H,5,8H2,1-3H3. The molecule has 0 amide bonds. The molecule has 1 aromatic rings. The van der Waals surface area contributed by atoms with Crippen LogP contribution >= 0.6 is 27.7 Å². The minimum absolute atomic E-state index is 0.517. The van der Waals surface area contributed by atoms with E-state index in [0.29, 0.717) is 11.3 Å². The van der Waals surface area contributed by atoms with Crippen LogP contribution in [0.1, 0.15) is 19.4 Å². The zero-order valence-electron chi connectivity index (χ0n) is 10.0. The number of thioether (sulfide) groups is 1. The van der Waals surface area contributed by atoms with Crippen LogP contribution in [0.3, 0.4) is 0 Å². The van der Waals surface area contributed by atoms with Crippen LogP contribution in [-0.4, -0.2) is 29.1 Å². The van der Waals surface area contributed by atoms with Crippen molar-refractivity contribution in [2.24, 2.45) is 0 Å². The smallest absolute Gasteiger partial charge is 0.0410 e. The number of aromatic nitrogens is 1. The highest BCUT2D eigenvalue weighted by Gasteiger charge is 2.09. The quantitative estimate of drug-likeness (QED) is 0.874. The van der Waals surface area contributed by atoms with Gasteiger partial charge in [0.15, 0.2) is 0 Å². The summed E-state index contributed by atoms with van der Waals surface area (Å²) in [4.78, 5) is 4.19. The summed E-state index contributed by atoms with van der Waals surface area (Å²) in [5.74, 6) is 1.14. The second kappa shape index (κ2) is 7.30. The van der Waals surface area contributed by atoms with E-state index in [1.807, 2.05) is 31.2 Å². The van der Waals surface area contributed by atoms with Crippen LogP contribution in [0.25, 0.3) is 0 Å². The molecule has 4 heteroatoms. The second-order valence-electron chi connectivity index (χ2n) is 4.08.